The number of nitrogens with zero attached hydrogens (tertiary/aromatic N) is 3. The molecule has 0 saturated carbocycles. The van der Waals surface area contributed by atoms with Crippen LogP contribution in [0.15, 0.2) is 11.2 Å². The Morgan fingerprint density at radius 1 is 1.37 bits per heavy atom. The molecule has 0 amide bonds. The second kappa shape index (κ2) is 8.53. The Bertz CT molecular complexity index is 387. The molecule has 0 saturated heterocycles. The summed E-state index contributed by atoms with van der Waals surface area (Å²) in [5.74, 6) is 2.99. The zero-order valence-electron chi connectivity index (χ0n) is 12.4. The van der Waals surface area contributed by atoms with E-state index in [1.807, 2.05) is 24.1 Å². The summed E-state index contributed by atoms with van der Waals surface area (Å²) in [6, 6.07) is 2.49. The van der Waals surface area contributed by atoms with Gasteiger partial charge in [-0.05, 0) is 25.9 Å². The summed E-state index contributed by atoms with van der Waals surface area (Å²) in [7, 11) is 2.09. The number of rotatable bonds is 8. The average molecular weight is 300 g/mol. The second-order valence-corrected chi connectivity index (χ2v) is 6.12. The van der Waals surface area contributed by atoms with E-state index in [9.17, 15) is 0 Å². The Kier molecular flexibility index (Phi) is 7.38. The largest absolute Gasteiger partial charge is 0.370 e. The molecular weight excluding hydrogens is 276 g/mol. The lowest BCUT2D eigenvalue weighted by atomic mass is 10.3. The Labute approximate surface area is 125 Å². The second-order valence-electron chi connectivity index (χ2n) is 4.44. The van der Waals surface area contributed by atoms with Crippen LogP contribution in [0.5, 0.6) is 0 Å². The van der Waals surface area contributed by atoms with Gasteiger partial charge in [-0.1, -0.05) is 18.7 Å². The Hall–Kier alpha value is -0.620. The summed E-state index contributed by atoms with van der Waals surface area (Å²) in [5.41, 5.74) is 0. The summed E-state index contributed by atoms with van der Waals surface area (Å²) in [4.78, 5) is 11.3. The molecule has 0 aliphatic heterocycles. The fraction of sp³-hybridized carbons (Fsp3) is 0.692. The smallest absolute Gasteiger partial charge is 0.191 e. The van der Waals surface area contributed by atoms with Gasteiger partial charge in [-0.2, -0.15) is 11.8 Å². The molecule has 1 aromatic rings. The summed E-state index contributed by atoms with van der Waals surface area (Å²) < 4.78 is 0. The molecule has 1 atom stereocenters. The maximum Gasteiger partial charge on any atom is 0.191 e. The van der Waals surface area contributed by atoms with E-state index in [0.29, 0.717) is 6.04 Å². The van der Waals surface area contributed by atoms with Gasteiger partial charge in [0.1, 0.15) is 11.6 Å². The van der Waals surface area contributed by atoms with E-state index >= 15 is 0 Å². The molecule has 6 heteroatoms. The van der Waals surface area contributed by atoms with Crippen LogP contribution >= 0.6 is 23.5 Å². The molecule has 1 unspecified atom stereocenters. The van der Waals surface area contributed by atoms with Crippen molar-refractivity contribution in [3.63, 3.8) is 0 Å². The summed E-state index contributed by atoms with van der Waals surface area (Å²) in [6.07, 6.45) is 5.23. The third kappa shape index (κ3) is 5.10. The highest BCUT2D eigenvalue weighted by atomic mass is 32.2. The lowest BCUT2D eigenvalue weighted by Gasteiger charge is -2.26. The van der Waals surface area contributed by atoms with Crippen LogP contribution in [0.1, 0.15) is 20.3 Å². The molecule has 1 rings (SSSR count). The topological polar surface area (TPSA) is 41.0 Å². The van der Waals surface area contributed by atoms with Crippen molar-refractivity contribution in [3.05, 3.63) is 6.07 Å². The van der Waals surface area contributed by atoms with E-state index in [-0.39, 0.29) is 0 Å². The first kappa shape index (κ1) is 16.4. The van der Waals surface area contributed by atoms with E-state index in [2.05, 4.69) is 47.3 Å². The van der Waals surface area contributed by atoms with Gasteiger partial charge < -0.3 is 10.2 Å². The number of anilines is 2. The molecule has 4 nitrogen and oxygen atoms in total. The maximum absolute atomic E-state index is 4.59. The van der Waals surface area contributed by atoms with Crippen LogP contribution in [0.25, 0.3) is 0 Å². The first-order valence-electron chi connectivity index (χ1n) is 6.51. The lowest BCUT2D eigenvalue weighted by molar-refractivity contribution is 0.742. The lowest BCUT2D eigenvalue weighted by Crippen LogP contribution is -2.31. The van der Waals surface area contributed by atoms with E-state index in [0.717, 1.165) is 35.5 Å². The van der Waals surface area contributed by atoms with E-state index in [4.69, 9.17) is 0 Å². The molecule has 1 N–H and O–H groups in total. The maximum atomic E-state index is 4.59. The van der Waals surface area contributed by atoms with Crippen molar-refractivity contribution in [1.82, 2.24) is 9.97 Å². The Morgan fingerprint density at radius 3 is 2.68 bits per heavy atom. The van der Waals surface area contributed by atoms with Crippen LogP contribution in [-0.2, 0) is 0 Å². The molecule has 0 fully saturated rings. The predicted octanol–water partition coefficient (Wildman–Crippen LogP) is 3.21. The van der Waals surface area contributed by atoms with Gasteiger partial charge in [-0.3, -0.25) is 0 Å². The van der Waals surface area contributed by atoms with Crippen molar-refractivity contribution in [2.45, 2.75) is 31.5 Å². The molecule has 108 valence electrons. The molecule has 0 aliphatic rings. The Morgan fingerprint density at radius 2 is 2.11 bits per heavy atom. The summed E-state index contributed by atoms with van der Waals surface area (Å²) in [6.45, 7) is 5.31. The molecule has 0 bridgehead atoms. The fourth-order valence-corrected chi connectivity index (χ4v) is 2.69. The Balaban J connectivity index is 2.91. The zero-order valence-corrected chi connectivity index (χ0v) is 14.1. The first-order chi connectivity index (χ1) is 9.12. The van der Waals surface area contributed by atoms with Crippen molar-refractivity contribution >= 4 is 35.2 Å². The van der Waals surface area contributed by atoms with Gasteiger partial charge in [-0.15, -0.1) is 0 Å². The fourth-order valence-electron chi connectivity index (χ4n) is 1.61. The monoisotopic (exact) mass is 300 g/mol. The summed E-state index contributed by atoms with van der Waals surface area (Å²) >= 11 is 3.43. The molecule has 0 radical (unpaired) electrons. The van der Waals surface area contributed by atoms with Crippen LogP contribution in [0.2, 0.25) is 0 Å². The molecular formula is C13H24N4S2. The molecule has 0 aliphatic carbocycles. The normalized spacial score (nSPS) is 12.3. The molecule has 1 aromatic heterocycles. The van der Waals surface area contributed by atoms with Crippen LogP contribution in [-0.4, -0.2) is 47.9 Å². The zero-order chi connectivity index (χ0) is 14.3. The van der Waals surface area contributed by atoms with Crippen LogP contribution in [0, 0.1) is 0 Å². The standard InChI is InChI=1S/C13H24N4S2/c1-6-7-14-11-8-12(16-13(15-11)19-5)17(3)10(2)9-18-4/h8,10H,6-7,9H2,1-5H3,(H,14,15,16). The highest BCUT2D eigenvalue weighted by Crippen LogP contribution is 2.21. The average Bonchev–Trinajstić information content (AvgIpc) is 2.44. The van der Waals surface area contributed by atoms with E-state index < -0.39 is 0 Å². The highest BCUT2D eigenvalue weighted by Gasteiger charge is 2.13. The van der Waals surface area contributed by atoms with Gasteiger partial charge in [0.05, 0.1) is 0 Å². The summed E-state index contributed by atoms with van der Waals surface area (Å²) in [5, 5.41) is 4.16. The van der Waals surface area contributed by atoms with Gasteiger partial charge in [0.25, 0.3) is 0 Å². The van der Waals surface area contributed by atoms with Crippen LogP contribution in [0.3, 0.4) is 0 Å². The van der Waals surface area contributed by atoms with Gasteiger partial charge >= 0.3 is 0 Å². The third-order valence-electron chi connectivity index (χ3n) is 2.86. The van der Waals surface area contributed by atoms with E-state index in [1.165, 1.54) is 0 Å². The van der Waals surface area contributed by atoms with Crippen molar-refractivity contribution < 1.29 is 0 Å². The van der Waals surface area contributed by atoms with Crippen LogP contribution in [0.4, 0.5) is 11.6 Å². The minimum absolute atomic E-state index is 0.457. The van der Waals surface area contributed by atoms with Crippen molar-refractivity contribution in [2.24, 2.45) is 0 Å². The van der Waals surface area contributed by atoms with Crippen molar-refractivity contribution in [1.29, 1.82) is 0 Å². The van der Waals surface area contributed by atoms with Crippen LogP contribution < -0.4 is 10.2 Å². The molecule has 0 spiro atoms. The predicted molar refractivity (Wildman–Crippen MR) is 88.8 cm³/mol. The number of nitrogens with one attached hydrogen (secondary N) is 1. The molecule has 1 heterocycles. The van der Waals surface area contributed by atoms with Crippen molar-refractivity contribution in [2.75, 3.05) is 42.1 Å². The minimum atomic E-state index is 0.457. The quantitative estimate of drug-likeness (QED) is 0.587. The minimum Gasteiger partial charge on any atom is -0.370 e. The van der Waals surface area contributed by atoms with Gasteiger partial charge in [0.15, 0.2) is 5.16 Å². The third-order valence-corrected chi connectivity index (χ3v) is 4.22. The van der Waals surface area contributed by atoms with Gasteiger partial charge in [0.2, 0.25) is 0 Å². The number of hydrogen-bond donors (Lipinski definition) is 1. The number of thioether (sulfide) groups is 2. The molecule has 0 aromatic carbocycles. The highest BCUT2D eigenvalue weighted by molar-refractivity contribution is 7.98. The SMILES string of the molecule is CCCNc1cc(N(C)C(C)CSC)nc(SC)n1. The van der Waals surface area contributed by atoms with E-state index in [1.54, 1.807) is 11.8 Å². The number of aromatic nitrogens is 2. The first-order valence-corrected chi connectivity index (χ1v) is 9.12. The van der Waals surface area contributed by atoms with Crippen molar-refractivity contribution in [3.8, 4) is 0 Å². The molecule has 19 heavy (non-hydrogen) atoms. The van der Waals surface area contributed by atoms with Gasteiger partial charge in [-0.25, -0.2) is 9.97 Å². The van der Waals surface area contributed by atoms with Gasteiger partial charge in [0, 0.05) is 31.5 Å². The number of hydrogen-bond acceptors (Lipinski definition) is 6.